The summed E-state index contributed by atoms with van der Waals surface area (Å²) in [5.74, 6) is 1.80. The molecule has 0 aliphatic rings. The number of allylic oxidation sites excluding steroid dienone is 4. The van der Waals surface area contributed by atoms with E-state index in [0.717, 1.165) is 39.9 Å². The van der Waals surface area contributed by atoms with Crippen LogP contribution >= 0.6 is 0 Å². The first kappa shape index (κ1) is 28.2. The zero-order chi connectivity index (χ0) is 24.6. The number of nitrogens with zero attached hydrogens (tertiary/aromatic N) is 4. The predicted octanol–water partition coefficient (Wildman–Crippen LogP) is 7.16. The largest absolute Gasteiger partial charge is 0.323 e. The number of hydrogen-bond donors (Lipinski definition) is 1. The highest BCUT2D eigenvalue weighted by atomic mass is 15.1. The molecular weight excluding hydrogens is 406 g/mol. The van der Waals surface area contributed by atoms with Crippen LogP contribution in [0.15, 0.2) is 54.9 Å². The Labute approximate surface area is 201 Å². The van der Waals surface area contributed by atoms with Crippen molar-refractivity contribution < 1.29 is 0 Å². The normalized spacial score (nSPS) is 11.4. The van der Waals surface area contributed by atoms with Crippen LogP contribution in [-0.4, -0.2) is 33.6 Å². The molecule has 0 saturated carbocycles. The number of unbranched alkanes of at least 4 members (excludes halogenated alkanes) is 2. The number of rotatable bonds is 7. The molecule has 0 radical (unpaired) electrons. The summed E-state index contributed by atoms with van der Waals surface area (Å²) in [4.78, 5) is 13.5. The van der Waals surface area contributed by atoms with E-state index in [1.54, 1.807) is 12.4 Å². The molecule has 0 atom stereocenters. The van der Waals surface area contributed by atoms with Crippen LogP contribution in [0.1, 0.15) is 71.8 Å². The first-order valence-electron chi connectivity index (χ1n) is 12.0. The fraction of sp³-hybridized carbons (Fsp3) is 0.464. The average molecular weight is 450 g/mol. The minimum absolute atomic E-state index is 0.870. The van der Waals surface area contributed by atoms with Gasteiger partial charge < -0.3 is 5.32 Å². The molecule has 0 spiro atoms. The van der Waals surface area contributed by atoms with E-state index < -0.39 is 0 Å². The van der Waals surface area contributed by atoms with Gasteiger partial charge in [-0.25, -0.2) is 9.97 Å². The molecule has 3 aromatic heterocycles. The van der Waals surface area contributed by atoms with Crippen LogP contribution in [0.4, 0.5) is 0 Å². The number of aryl methyl sites for hydroxylation is 1. The van der Waals surface area contributed by atoms with Gasteiger partial charge in [0, 0.05) is 18.1 Å². The van der Waals surface area contributed by atoms with E-state index in [0.29, 0.717) is 0 Å². The van der Waals surface area contributed by atoms with Crippen LogP contribution in [-0.2, 0) is 0 Å². The minimum atomic E-state index is 0.870. The molecule has 0 aromatic carbocycles. The average Bonchev–Trinajstić information content (AvgIpc) is 3.18. The summed E-state index contributed by atoms with van der Waals surface area (Å²) in [7, 11) is 3.75. The van der Waals surface area contributed by atoms with Crippen molar-refractivity contribution >= 4 is 16.7 Å². The maximum absolute atomic E-state index is 4.76. The molecule has 0 amide bonds. The third-order valence-corrected chi connectivity index (χ3v) is 4.84. The van der Waals surface area contributed by atoms with Crippen molar-refractivity contribution in [3.05, 3.63) is 66.4 Å². The quantitative estimate of drug-likeness (QED) is 0.307. The van der Waals surface area contributed by atoms with Crippen LogP contribution in [0, 0.1) is 12.8 Å². The van der Waals surface area contributed by atoms with E-state index in [9.17, 15) is 0 Å². The SMILES string of the molecule is C/C=C\C=C(/C)c1nc2ccc(C)nc2n1-c1ccncc1.CCCCCC(C)C.CNC. The second-order valence-corrected chi connectivity index (χ2v) is 8.54. The lowest BCUT2D eigenvalue weighted by Crippen LogP contribution is -2.01. The van der Waals surface area contributed by atoms with Crippen molar-refractivity contribution in [3.63, 3.8) is 0 Å². The summed E-state index contributed by atoms with van der Waals surface area (Å²) in [5.41, 5.74) is 4.84. The van der Waals surface area contributed by atoms with Gasteiger partial charge >= 0.3 is 0 Å². The molecule has 3 heterocycles. The highest BCUT2D eigenvalue weighted by molar-refractivity contribution is 5.79. The molecule has 0 aliphatic heterocycles. The number of aromatic nitrogens is 4. The van der Waals surface area contributed by atoms with Gasteiger partial charge in [-0.2, -0.15) is 0 Å². The van der Waals surface area contributed by atoms with Crippen molar-refractivity contribution in [2.75, 3.05) is 14.1 Å². The monoisotopic (exact) mass is 449 g/mol. The summed E-state index contributed by atoms with van der Waals surface area (Å²) in [6, 6.07) is 7.94. The molecule has 0 unspecified atom stereocenters. The molecule has 0 saturated heterocycles. The first-order chi connectivity index (χ1) is 15.9. The molecule has 180 valence electrons. The second-order valence-electron chi connectivity index (χ2n) is 8.54. The Kier molecular flexibility index (Phi) is 13.6. The fourth-order valence-corrected chi connectivity index (χ4v) is 3.17. The van der Waals surface area contributed by atoms with E-state index >= 15 is 0 Å². The van der Waals surface area contributed by atoms with Gasteiger partial charge in [-0.3, -0.25) is 9.55 Å². The van der Waals surface area contributed by atoms with E-state index in [2.05, 4.69) is 53.6 Å². The van der Waals surface area contributed by atoms with E-state index in [1.807, 2.05) is 64.4 Å². The summed E-state index contributed by atoms with van der Waals surface area (Å²) >= 11 is 0. The van der Waals surface area contributed by atoms with Gasteiger partial charge in [-0.1, -0.05) is 64.7 Å². The Hall–Kier alpha value is -2.79. The van der Waals surface area contributed by atoms with Gasteiger partial charge in [-0.15, -0.1) is 0 Å². The summed E-state index contributed by atoms with van der Waals surface area (Å²) in [5, 5.41) is 2.75. The van der Waals surface area contributed by atoms with Gasteiger partial charge in [0.05, 0.1) is 5.69 Å². The molecule has 5 heteroatoms. The van der Waals surface area contributed by atoms with Crippen LogP contribution in [0.25, 0.3) is 22.4 Å². The van der Waals surface area contributed by atoms with Crippen molar-refractivity contribution in [3.8, 4) is 5.69 Å². The Bertz CT molecular complexity index is 984. The Morgan fingerprint density at radius 2 is 1.73 bits per heavy atom. The molecule has 3 aromatic rings. The number of fused-ring (bicyclic) bond motifs is 1. The number of imidazole rings is 1. The third kappa shape index (κ3) is 9.70. The Morgan fingerprint density at radius 3 is 2.30 bits per heavy atom. The molecule has 0 aliphatic carbocycles. The van der Waals surface area contributed by atoms with Crippen LogP contribution in [0.2, 0.25) is 0 Å². The van der Waals surface area contributed by atoms with Crippen molar-refractivity contribution in [2.45, 2.75) is 67.2 Å². The maximum Gasteiger partial charge on any atom is 0.165 e. The fourth-order valence-electron chi connectivity index (χ4n) is 3.17. The number of nitrogens with one attached hydrogen (secondary N) is 1. The van der Waals surface area contributed by atoms with Gasteiger partial charge in [0.2, 0.25) is 0 Å². The highest BCUT2D eigenvalue weighted by Crippen LogP contribution is 2.24. The Morgan fingerprint density at radius 1 is 1.06 bits per heavy atom. The highest BCUT2D eigenvalue weighted by Gasteiger charge is 2.14. The predicted molar refractivity (Wildman–Crippen MR) is 144 cm³/mol. The first-order valence-corrected chi connectivity index (χ1v) is 12.0. The van der Waals surface area contributed by atoms with Crippen LogP contribution in [0.3, 0.4) is 0 Å². The zero-order valence-electron chi connectivity index (χ0n) is 21.9. The lowest BCUT2D eigenvalue weighted by molar-refractivity contribution is 0.534. The third-order valence-electron chi connectivity index (χ3n) is 4.84. The molecule has 0 bridgehead atoms. The number of pyridine rings is 2. The van der Waals surface area contributed by atoms with E-state index in [1.165, 1.54) is 25.7 Å². The minimum Gasteiger partial charge on any atom is -0.323 e. The van der Waals surface area contributed by atoms with E-state index in [4.69, 9.17) is 4.98 Å². The molecule has 33 heavy (non-hydrogen) atoms. The smallest absolute Gasteiger partial charge is 0.165 e. The van der Waals surface area contributed by atoms with Crippen LogP contribution in [0.5, 0.6) is 0 Å². The lowest BCUT2D eigenvalue weighted by Gasteiger charge is -2.08. The maximum atomic E-state index is 4.76. The Balaban J connectivity index is 0.000000417. The summed E-state index contributed by atoms with van der Waals surface area (Å²) in [6.07, 6.45) is 15.3. The van der Waals surface area contributed by atoms with E-state index in [-0.39, 0.29) is 0 Å². The molecular formula is C28H43N5. The van der Waals surface area contributed by atoms with Crippen LogP contribution < -0.4 is 5.32 Å². The summed E-state index contributed by atoms with van der Waals surface area (Å²) in [6.45, 7) is 12.9. The molecule has 1 N–H and O–H groups in total. The van der Waals surface area contributed by atoms with Gasteiger partial charge in [0.1, 0.15) is 11.3 Å². The standard InChI is InChI=1S/C18H18N4.C8H18.C2H7N/c1-4-5-6-13(2)17-21-16-8-7-14(3)20-18(16)22(17)15-9-11-19-12-10-15;1-4-5-6-7-8(2)3;1-3-2/h4-12H,1-3H3;8H,4-7H2,1-3H3;3H,1-2H3/b5-4-,13-6+;;. The van der Waals surface area contributed by atoms with Crippen molar-refractivity contribution in [2.24, 2.45) is 5.92 Å². The van der Waals surface area contributed by atoms with Gasteiger partial charge in [-0.05, 0) is 70.6 Å². The van der Waals surface area contributed by atoms with Gasteiger partial charge in [0.15, 0.2) is 5.65 Å². The molecule has 3 rings (SSSR count). The zero-order valence-corrected chi connectivity index (χ0v) is 21.9. The molecule has 5 nitrogen and oxygen atoms in total. The lowest BCUT2D eigenvalue weighted by atomic mass is 10.1. The second kappa shape index (κ2) is 15.9. The van der Waals surface area contributed by atoms with Crippen molar-refractivity contribution in [1.29, 1.82) is 0 Å². The topological polar surface area (TPSA) is 55.6 Å². The molecule has 0 fully saturated rings. The number of hydrogen-bond acceptors (Lipinski definition) is 4. The summed E-state index contributed by atoms with van der Waals surface area (Å²) < 4.78 is 2.08. The van der Waals surface area contributed by atoms with Gasteiger partial charge in [0.25, 0.3) is 0 Å². The van der Waals surface area contributed by atoms with Crippen molar-refractivity contribution in [1.82, 2.24) is 24.8 Å².